The third-order valence-electron chi connectivity index (χ3n) is 6.42. The molecular formula is C27H30N6O6. The van der Waals surface area contributed by atoms with E-state index in [9.17, 15) is 9.59 Å². The van der Waals surface area contributed by atoms with E-state index in [2.05, 4.69) is 20.7 Å². The number of furan rings is 2. The van der Waals surface area contributed by atoms with Crippen molar-refractivity contribution >= 4 is 11.8 Å². The quantitative estimate of drug-likeness (QED) is 0.308. The number of hydrogen-bond acceptors (Lipinski definition) is 9. The van der Waals surface area contributed by atoms with Crippen LogP contribution in [0.5, 0.6) is 5.75 Å². The summed E-state index contributed by atoms with van der Waals surface area (Å²) in [5, 5.41) is 15.3. The highest BCUT2D eigenvalue weighted by atomic mass is 16.5. The van der Waals surface area contributed by atoms with Gasteiger partial charge in [0.2, 0.25) is 11.7 Å². The van der Waals surface area contributed by atoms with Crippen LogP contribution in [0.3, 0.4) is 0 Å². The molecule has 0 spiro atoms. The number of nitrogens with one attached hydrogen (secondary N) is 1. The predicted molar refractivity (Wildman–Crippen MR) is 137 cm³/mol. The molecule has 12 heteroatoms. The fourth-order valence-corrected chi connectivity index (χ4v) is 4.41. The van der Waals surface area contributed by atoms with Crippen LogP contribution >= 0.6 is 0 Å². The van der Waals surface area contributed by atoms with E-state index in [1.807, 2.05) is 19.1 Å². The van der Waals surface area contributed by atoms with Crippen LogP contribution < -0.4 is 10.1 Å². The summed E-state index contributed by atoms with van der Waals surface area (Å²) in [5.41, 5.74) is 0.797. The Morgan fingerprint density at radius 2 is 2.05 bits per heavy atom. The second-order valence-electron chi connectivity index (χ2n) is 9.22. The molecule has 0 radical (unpaired) electrons. The van der Waals surface area contributed by atoms with Gasteiger partial charge in [0.1, 0.15) is 23.8 Å². The van der Waals surface area contributed by atoms with Gasteiger partial charge in [-0.25, -0.2) is 0 Å². The van der Waals surface area contributed by atoms with Gasteiger partial charge < -0.3 is 28.5 Å². The van der Waals surface area contributed by atoms with Crippen molar-refractivity contribution in [2.45, 2.75) is 45.0 Å². The van der Waals surface area contributed by atoms with Crippen LogP contribution in [0.4, 0.5) is 0 Å². The molecule has 2 amide bonds. The number of tetrazole rings is 1. The molecule has 3 aromatic heterocycles. The summed E-state index contributed by atoms with van der Waals surface area (Å²) in [6.07, 6.45) is 3.24. The van der Waals surface area contributed by atoms with E-state index in [-0.39, 0.29) is 30.9 Å². The molecule has 1 aliphatic heterocycles. The summed E-state index contributed by atoms with van der Waals surface area (Å²) in [4.78, 5) is 30.0. The minimum atomic E-state index is -1.04. The lowest BCUT2D eigenvalue weighted by Gasteiger charge is -2.30. The van der Waals surface area contributed by atoms with Gasteiger partial charge in [-0.05, 0) is 66.9 Å². The molecule has 1 aromatic carbocycles. The van der Waals surface area contributed by atoms with E-state index < -0.39 is 11.9 Å². The van der Waals surface area contributed by atoms with E-state index in [1.165, 1.54) is 16.0 Å². The van der Waals surface area contributed by atoms with Crippen molar-refractivity contribution in [2.75, 3.05) is 20.3 Å². The molecule has 0 bridgehead atoms. The van der Waals surface area contributed by atoms with E-state index in [4.69, 9.17) is 18.3 Å². The van der Waals surface area contributed by atoms with Crippen LogP contribution in [0.1, 0.15) is 36.0 Å². The maximum Gasteiger partial charge on any atom is 0.250 e. The largest absolute Gasteiger partial charge is 0.497 e. The maximum absolute atomic E-state index is 13.8. The normalized spacial score (nSPS) is 15.7. The average Bonchev–Trinajstić information content (AvgIpc) is 3.76. The zero-order chi connectivity index (χ0) is 27.2. The van der Waals surface area contributed by atoms with Gasteiger partial charge in [0.25, 0.3) is 5.91 Å². The number of hydrogen-bond donors (Lipinski definition) is 1. The molecule has 4 aromatic rings. The SMILES string of the molecule is COc1ccc(CN(C(=O)Cn2nnc(-c3ccc(C)o3)n2)[C@H](C(=O)NC[C@@H]2CCCO2)c2ccco2)cc1. The lowest BCUT2D eigenvalue weighted by molar-refractivity contribution is -0.143. The minimum absolute atomic E-state index is 0.0556. The number of nitrogens with zero attached hydrogens (tertiary/aromatic N) is 5. The fourth-order valence-electron chi connectivity index (χ4n) is 4.41. The first-order valence-corrected chi connectivity index (χ1v) is 12.7. The van der Waals surface area contributed by atoms with Gasteiger partial charge in [0, 0.05) is 19.7 Å². The minimum Gasteiger partial charge on any atom is -0.497 e. The topological polar surface area (TPSA) is 138 Å². The van der Waals surface area contributed by atoms with Crippen molar-refractivity contribution in [3.8, 4) is 17.3 Å². The zero-order valence-electron chi connectivity index (χ0n) is 21.8. The number of benzene rings is 1. The molecule has 0 saturated carbocycles. The van der Waals surface area contributed by atoms with E-state index in [1.54, 1.807) is 43.5 Å². The zero-order valence-corrected chi connectivity index (χ0v) is 21.8. The number of ether oxygens (including phenoxy) is 2. The van der Waals surface area contributed by atoms with Crippen LogP contribution in [0.25, 0.3) is 11.6 Å². The van der Waals surface area contributed by atoms with Crippen LogP contribution in [0.15, 0.2) is 63.6 Å². The highest BCUT2D eigenvalue weighted by molar-refractivity contribution is 5.88. The summed E-state index contributed by atoms with van der Waals surface area (Å²) in [5.74, 6) is 1.65. The lowest BCUT2D eigenvalue weighted by atomic mass is 10.1. The first-order chi connectivity index (χ1) is 19.0. The van der Waals surface area contributed by atoms with Gasteiger partial charge in [0.15, 0.2) is 11.8 Å². The van der Waals surface area contributed by atoms with Crippen LogP contribution in [0.2, 0.25) is 0 Å². The summed E-state index contributed by atoms with van der Waals surface area (Å²) < 4.78 is 22.1. The fraction of sp³-hybridized carbons (Fsp3) is 0.370. The Morgan fingerprint density at radius 1 is 1.21 bits per heavy atom. The molecule has 1 saturated heterocycles. The van der Waals surface area contributed by atoms with Gasteiger partial charge in [-0.15, -0.1) is 10.2 Å². The number of carbonyl (C=O) groups excluding carboxylic acids is 2. The summed E-state index contributed by atoms with van der Waals surface area (Å²) in [6, 6.07) is 13.1. The molecule has 39 heavy (non-hydrogen) atoms. The van der Waals surface area contributed by atoms with Gasteiger partial charge in [-0.1, -0.05) is 12.1 Å². The van der Waals surface area contributed by atoms with Gasteiger partial charge >= 0.3 is 0 Å². The molecule has 5 rings (SSSR count). The summed E-state index contributed by atoms with van der Waals surface area (Å²) >= 11 is 0. The number of amides is 2. The molecule has 1 fully saturated rings. The first-order valence-electron chi connectivity index (χ1n) is 12.7. The third-order valence-corrected chi connectivity index (χ3v) is 6.42. The molecular weight excluding hydrogens is 504 g/mol. The smallest absolute Gasteiger partial charge is 0.250 e. The Hall–Kier alpha value is -4.45. The number of carbonyl (C=O) groups is 2. The van der Waals surface area contributed by atoms with E-state index in [0.29, 0.717) is 36.2 Å². The average molecular weight is 535 g/mol. The molecule has 0 aliphatic carbocycles. The molecule has 1 N–H and O–H groups in total. The molecule has 4 heterocycles. The number of aryl methyl sites for hydroxylation is 1. The monoisotopic (exact) mass is 534 g/mol. The van der Waals surface area contributed by atoms with Crippen molar-refractivity contribution in [1.82, 2.24) is 30.4 Å². The van der Waals surface area contributed by atoms with E-state index in [0.717, 1.165) is 18.4 Å². The predicted octanol–water partition coefficient (Wildman–Crippen LogP) is 2.91. The Labute approximate surface area is 224 Å². The highest BCUT2D eigenvalue weighted by Gasteiger charge is 2.34. The third kappa shape index (κ3) is 6.34. The van der Waals surface area contributed by atoms with Gasteiger partial charge in [-0.3, -0.25) is 9.59 Å². The van der Waals surface area contributed by atoms with Gasteiger partial charge in [-0.2, -0.15) is 4.80 Å². The first kappa shape index (κ1) is 26.2. The van der Waals surface area contributed by atoms with Crippen LogP contribution in [0, 0.1) is 6.92 Å². The second-order valence-corrected chi connectivity index (χ2v) is 9.22. The Kier molecular flexibility index (Phi) is 8.02. The lowest BCUT2D eigenvalue weighted by Crippen LogP contribution is -2.46. The molecule has 2 atom stereocenters. The number of rotatable bonds is 11. The van der Waals surface area contributed by atoms with Crippen molar-refractivity contribution in [1.29, 1.82) is 0 Å². The summed E-state index contributed by atoms with van der Waals surface area (Å²) in [6.45, 7) is 2.71. The number of aromatic nitrogens is 4. The molecule has 12 nitrogen and oxygen atoms in total. The molecule has 0 unspecified atom stereocenters. The molecule has 1 aliphatic rings. The molecule has 204 valence electrons. The van der Waals surface area contributed by atoms with Crippen molar-refractivity contribution in [3.05, 3.63) is 71.9 Å². The standard InChI is InChI=1S/C27H30N6O6/c1-18-7-12-23(39-18)26-29-31-33(30-26)17-24(34)32(16-19-8-10-20(36-2)11-9-19)25(22-6-4-14-38-22)27(35)28-15-21-5-3-13-37-21/h4,6-12,14,21,25H,3,5,13,15-17H2,1-2H3,(H,28,35)/t21-,25-/m0/s1. The van der Waals surface area contributed by atoms with Crippen LogP contribution in [-0.4, -0.2) is 63.3 Å². The second kappa shape index (κ2) is 11.9. The Morgan fingerprint density at radius 3 is 2.72 bits per heavy atom. The Bertz CT molecular complexity index is 1370. The van der Waals surface area contributed by atoms with E-state index >= 15 is 0 Å². The maximum atomic E-state index is 13.8. The number of methoxy groups -OCH3 is 1. The Balaban J connectivity index is 1.41. The van der Waals surface area contributed by atoms with Crippen molar-refractivity contribution in [3.63, 3.8) is 0 Å². The van der Waals surface area contributed by atoms with Crippen molar-refractivity contribution in [2.24, 2.45) is 0 Å². The van der Waals surface area contributed by atoms with Gasteiger partial charge in [0.05, 0.1) is 19.5 Å². The van der Waals surface area contributed by atoms with Crippen LogP contribution in [-0.2, 0) is 27.4 Å². The van der Waals surface area contributed by atoms with Crippen molar-refractivity contribution < 1.29 is 27.9 Å². The highest BCUT2D eigenvalue weighted by Crippen LogP contribution is 2.26. The summed E-state index contributed by atoms with van der Waals surface area (Å²) in [7, 11) is 1.58.